The molecule has 0 heterocycles. The van der Waals surface area contributed by atoms with Gasteiger partial charge >= 0.3 is 0 Å². The second-order valence-corrected chi connectivity index (χ2v) is 4.39. The third kappa shape index (κ3) is 6.05. The third-order valence-corrected chi connectivity index (χ3v) is 2.69. The highest BCUT2D eigenvalue weighted by Crippen LogP contribution is 2.15. The molecule has 0 aliphatic rings. The number of nitrogens with zero attached hydrogens (tertiary/aromatic N) is 1. The van der Waals surface area contributed by atoms with Crippen LogP contribution in [-0.4, -0.2) is 37.6 Å². The van der Waals surface area contributed by atoms with Crippen molar-refractivity contribution in [1.29, 1.82) is 0 Å². The van der Waals surface area contributed by atoms with E-state index in [0.29, 0.717) is 5.54 Å². The van der Waals surface area contributed by atoms with Crippen LogP contribution in [0.25, 0.3) is 0 Å². The molecule has 0 aromatic carbocycles. The predicted molar refractivity (Wildman–Crippen MR) is 60.2 cm³/mol. The molecule has 0 saturated carbocycles. The molecule has 2 nitrogen and oxygen atoms in total. The summed E-state index contributed by atoms with van der Waals surface area (Å²) in [7, 11) is 4.23. The first-order valence-electron chi connectivity index (χ1n) is 5.44. The Morgan fingerprint density at radius 1 is 1.23 bits per heavy atom. The van der Waals surface area contributed by atoms with Crippen LogP contribution < -0.4 is 5.32 Å². The van der Waals surface area contributed by atoms with Gasteiger partial charge in [0.15, 0.2) is 0 Å². The minimum atomic E-state index is 0.352. The van der Waals surface area contributed by atoms with E-state index >= 15 is 0 Å². The first-order chi connectivity index (χ1) is 6.04. The molecule has 1 N–H and O–H groups in total. The average Bonchev–Trinajstić information content (AvgIpc) is 2.04. The molecule has 80 valence electrons. The van der Waals surface area contributed by atoms with Crippen LogP contribution in [-0.2, 0) is 0 Å². The highest BCUT2D eigenvalue weighted by atomic mass is 15.1. The summed E-state index contributed by atoms with van der Waals surface area (Å²) < 4.78 is 0. The smallest absolute Gasteiger partial charge is 0.0151 e. The minimum Gasteiger partial charge on any atom is -0.310 e. The SMILES string of the molecule is CCCC(C)(CC)NCCN(C)C. The normalized spacial score (nSPS) is 16.2. The Labute approximate surface area is 83.7 Å². The first-order valence-corrected chi connectivity index (χ1v) is 5.44. The van der Waals surface area contributed by atoms with Gasteiger partial charge < -0.3 is 10.2 Å². The van der Waals surface area contributed by atoms with E-state index in [4.69, 9.17) is 0 Å². The summed E-state index contributed by atoms with van der Waals surface area (Å²) in [5.74, 6) is 0. The van der Waals surface area contributed by atoms with Crippen molar-refractivity contribution < 1.29 is 0 Å². The fourth-order valence-corrected chi connectivity index (χ4v) is 1.52. The van der Waals surface area contributed by atoms with Gasteiger partial charge in [0.25, 0.3) is 0 Å². The maximum Gasteiger partial charge on any atom is 0.0151 e. The Balaban J connectivity index is 3.69. The summed E-state index contributed by atoms with van der Waals surface area (Å²) >= 11 is 0. The second-order valence-electron chi connectivity index (χ2n) is 4.39. The number of hydrogen-bond donors (Lipinski definition) is 1. The molecule has 0 aliphatic carbocycles. The monoisotopic (exact) mass is 186 g/mol. The van der Waals surface area contributed by atoms with E-state index in [9.17, 15) is 0 Å². The van der Waals surface area contributed by atoms with Crippen molar-refractivity contribution in [3.05, 3.63) is 0 Å². The molecule has 13 heavy (non-hydrogen) atoms. The van der Waals surface area contributed by atoms with Gasteiger partial charge in [-0.05, 0) is 33.9 Å². The van der Waals surface area contributed by atoms with Crippen LogP contribution in [0.2, 0.25) is 0 Å². The highest BCUT2D eigenvalue weighted by molar-refractivity contribution is 4.80. The molecule has 0 spiro atoms. The second kappa shape index (κ2) is 6.39. The van der Waals surface area contributed by atoms with Crippen molar-refractivity contribution in [3.8, 4) is 0 Å². The average molecular weight is 186 g/mol. The largest absolute Gasteiger partial charge is 0.310 e. The van der Waals surface area contributed by atoms with Crippen LogP contribution in [0.5, 0.6) is 0 Å². The standard InChI is InChI=1S/C11H26N2/c1-6-8-11(3,7-2)12-9-10-13(4)5/h12H,6-10H2,1-5H3. The van der Waals surface area contributed by atoms with Gasteiger partial charge in [-0.2, -0.15) is 0 Å². The van der Waals surface area contributed by atoms with E-state index in [2.05, 4.69) is 45.1 Å². The van der Waals surface area contributed by atoms with Crippen LogP contribution in [0.15, 0.2) is 0 Å². The van der Waals surface area contributed by atoms with Crippen molar-refractivity contribution in [2.75, 3.05) is 27.2 Å². The Bertz CT molecular complexity index is 123. The van der Waals surface area contributed by atoms with E-state index in [1.807, 2.05) is 0 Å². The maximum atomic E-state index is 3.64. The molecule has 1 atom stereocenters. The molecule has 2 heteroatoms. The van der Waals surface area contributed by atoms with Gasteiger partial charge in [0.2, 0.25) is 0 Å². The van der Waals surface area contributed by atoms with E-state index < -0.39 is 0 Å². The fourth-order valence-electron chi connectivity index (χ4n) is 1.52. The van der Waals surface area contributed by atoms with E-state index in [0.717, 1.165) is 13.1 Å². The van der Waals surface area contributed by atoms with Gasteiger partial charge in [0.05, 0.1) is 0 Å². The number of likely N-dealkylation sites (N-methyl/N-ethyl adjacent to an activating group) is 1. The Kier molecular flexibility index (Phi) is 6.35. The molecule has 0 aliphatic heterocycles. The van der Waals surface area contributed by atoms with E-state index in [1.54, 1.807) is 0 Å². The quantitative estimate of drug-likeness (QED) is 0.655. The molecule has 1 unspecified atom stereocenters. The first kappa shape index (κ1) is 12.9. The van der Waals surface area contributed by atoms with Gasteiger partial charge in [-0.1, -0.05) is 20.3 Å². The van der Waals surface area contributed by atoms with Crippen molar-refractivity contribution >= 4 is 0 Å². The topological polar surface area (TPSA) is 15.3 Å². The van der Waals surface area contributed by atoms with Crippen LogP contribution in [0.1, 0.15) is 40.0 Å². The van der Waals surface area contributed by atoms with Crippen LogP contribution in [0, 0.1) is 0 Å². The number of hydrogen-bond acceptors (Lipinski definition) is 2. The lowest BCUT2D eigenvalue weighted by Crippen LogP contribution is -2.44. The van der Waals surface area contributed by atoms with Gasteiger partial charge in [-0.3, -0.25) is 0 Å². The van der Waals surface area contributed by atoms with Crippen LogP contribution in [0.4, 0.5) is 0 Å². The lowest BCUT2D eigenvalue weighted by Gasteiger charge is -2.30. The van der Waals surface area contributed by atoms with Gasteiger partial charge in [-0.25, -0.2) is 0 Å². The molecule has 0 saturated heterocycles. The fraction of sp³-hybridized carbons (Fsp3) is 1.00. The van der Waals surface area contributed by atoms with Crippen molar-refractivity contribution in [2.24, 2.45) is 0 Å². The predicted octanol–water partition coefficient (Wildman–Crippen LogP) is 2.11. The van der Waals surface area contributed by atoms with Crippen LogP contribution >= 0.6 is 0 Å². The molecule has 0 rings (SSSR count). The van der Waals surface area contributed by atoms with Gasteiger partial charge in [-0.15, -0.1) is 0 Å². The van der Waals surface area contributed by atoms with Gasteiger partial charge in [0.1, 0.15) is 0 Å². The molecule has 0 amide bonds. The summed E-state index contributed by atoms with van der Waals surface area (Å²) in [6.07, 6.45) is 3.75. The number of rotatable bonds is 7. The molecule has 0 aromatic heterocycles. The molecule has 0 radical (unpaired) electrons. The summed E-state index contributed by atoms with van der Waals surface area (Å²) in [4.78, 5) is 2.22. The van der Waals surface area contributed by atoms with E-state index in [-0.39, 0.29) is 0 Å². The third-order valence-electron chi connectivity index (χ3n) is 2.69. The summed E-state index contributed by atoms with van der Waals surface area (Å²) in [6.45, 7) is 9.06. The lowest BCUT2D eigenvalue weighted by molar-refractivity contribution is 0.293. The molecule has 0 bridgehead atoms. The highest BCUT2D eigenvalue weighted by Gasteiger charge is 2.18. The zero-order chi connectivity index (χ0) is 10.3. The van der Waals surface area contributed by atoms with Crippen molar-refractivity contribution in [2.45, 2.75) is 45.6 Å². The summed E-state index contributed by atoms with van der Waals surface area (Å²) in [6, 6.07) is 0. The Hall–Kier alpha value is -0.0800. The molecule has 0 fully saturated rings. The maximum absolute atomic E-state index is 3.64. The van der Waals surface area contributed by atoms with Crippen molar-refractivity contribution in [3.63, 3.8) is 0 Å². The van der Waals surface area contributed by atoms with Crippen LogP contribution in [0.3, 0.4) is 0 Å². The zero-order valence-electron chi connectivity index (χ0n) is 9.98. The van der Waals surface area contributed by atoms with Crippen molar-refractivity contribution in [1.82, 2.24) is 10.2 Å². The zero-order valence-corrected chi connectivity index (χ0v) is 9.98. The Morgan fingerprint density at radius 2 is 1.85 bits per heavy atom. The molecular formula is C11H26N2. The number of nitrogens with one attached hydrogen (secondary N) is 1. The van der Waals surface area contributed by atoms with E-state index in [1.165, 1.54) is 19.3 Å². The summed E-state index contributed by atoms with van der Waals surface area (Å²) in [5, 5.41) is 3.64. The van der Waals surface area contributed by atoms with Gasteiger partial charge in [0, 0.05) is 18.6 Å². The summed E-state index contributed by atoms with van der Waals surface area (Å²) in [5.41, 5.74) is 0.352. The Morgan fingerprint density at radius 3 is 2.23 bits per heavy atom. The minimum absolute atomic E-state index is 0.352. The molecule has 0 aromatic rings. The lowest BCUT2D eigenvalue weighted by atomic mass is 9.93. The molecular weight excluding hydrogens is 160 g/mol.